The van der Waals surface area contributed by atoms with Gasteiger partial charge in [0.1, 0.15) is 0 Å². The molecule has 0 spiro atoms. The van der Waals surface area contributed by atoms with Gasteiger partial charge in [0.15, 0.2) is 0 Å². The maximum Gasteiger partial charge on any atom is 0.241 e. The number of sulfonamides is 1. The van der Waals surface area contributed by atoms with Crippen molar-refractivity contribution in [3.05, 3.63) is 22.7 Å². The summed E-state index contributed by atoms with van der Waals surface area (Å²) in [5.74, 6) is 0. The van der Waals surface area contributed by atoms with Gasteiger partial charge in [-0.05, 0) is 31.5 Å². The minimum atomic E-state index is -3.71. The van der Waals surface area contributed by atoms with Crippen molar-refractivity contribution < 1.29 is 13.5 Å². The van der Waals surface area contributed by atoms with Gasteiger partial charge >= 0.3 is 0 Å². The molecule has 1 aromatic rings. The molecule has 0 aliphatic rings. The summed E-state index contributed by atoms with van der Waals surface area (Å²) in [6.45, 7) is 3.03. The molecule has 1 atom stereocenters. The maximum absolute atomic E-state index is 11.9. The molecule has 0 radical (unpaired) electrons. The molecule has 4 N–H and O–H groups in total. The summed E-state index contributed by atoms with van der Waals surface area (Å²) in [5, 5.41) is 9.32. The van der Waals surface area contributed by atoms with Crippen LogP contribution in [-0.2, 0) is 10.0 Å². The predicted octanol–water partition coefficient (Wildman–Crippen LogP) is 0.890. The highest BCUT2D eigenvalue weighted by molar-refractivity contribution is 7.89. The van der Waals surface area contributed by atoms with Crippen LogP contribution in [0, 0.1) is 6.92 Å². The van der Waals surface area contributed by atoms with Gasteiger partial charge in [0.2, 0.25) is 10.0 Å². The van der Waals surface area contributed by atoms with Crippen molar-refractivity contribution in [2.75, 3.05) is 12.3 Å². The molecular formula is C10H15ClN2O3S. The number of benzene rings is 1. The van der Waals surface area contributed by atoms with Crippen molar-refractivity contribution in [1.82, 2.24) is 4.72 Å². The standard InChI is InChI=1S/C10H15ClN2O3S/c1-6(14)5-13-17(15,16)10-4-8(11)3-9(12)7(10)2/h3-4,6,13-14H,5,12H2,1-2H3. The average molecular weight is 279 g/mol. The molecule has 0 heterocycles. The van der Waals surface area contributed by atoms with Crippen LogP contribution < -0.4 is 10.5 Å². The molecule has 0 bridgehead atoms. The molecular weight excluding hydrogens is 264 g/mol. The Morgan fingerprint density at radius 2 is 2.12 bits per heavy atom. The Balaban J connectivity index is 3.15. The van der Waals surface area contributed by atoms with E-state index in [-0.39, 0.29) is 16.5 Å². The zero-order valence-corrected chi connectivity index (χ0v) is 11.1. The molecule has 0 aromatic heterocycles. The minimum absolute atomic E-state index is 0.0307. The van der Waals surface area contributed by atoms with Crippen LogP contribution in [0.4, 0.5) is 5.69 Å². The Kier molecular flexibility index (Phi) is 4.37. The number of anilines is 1. The van der Waals surface area contributed by atoms with Gasteiger partial charge in [0, 0.05) is 17.3 Å². The fourth-order valence-electron chi connectivity index (χ4n) is 1.26. The summed E-state index contributed by atoms with van der Waals surface area (Å²) in [5.41, 5.74) is 6.40. The van der Waals surface area contributed by atoms with Gasteiger partial charge in [0.05, 0.1) is 11.0 Å². The van der Waals surface area contributed by atoms with E-state index in [0.29, 0.717) is 11.3 Å². The van der Waals surface area contributed by atoms with E-state index in [2.05, 4.69) is 4.72 Å². The maximum atomic E-state index is 11.9. The molecule has 5 nitrogen and oxygen atoms in total. The van der Waals surface area contributed by atoms with Crippen molar-refractivity contribution in [3.8, 4) is 0 Å². The first-order valence-electron chi connectivity index (χ1n) is 4.97. The van der Waals surface area contributed by atoms with Crippen LogP contribution in [0.15, 0.2) is 17.0 Å². The second kappa shape index (κ2) is 5.22. The molecule has 0 fully saturated rings. The van der Waals surface area contributed by atoms with Crippen molar-refractivity contribution in [2.24, 2.45) is 0 Å². The van der Waals surface area contributed by atoms with Gasteiger partial charge < -0.3 is 10.8 Å². The van der Waals surface area contributed by atoms with Crippen molar-refractivity contribution in [3.63, 3.8) is 0 Å². The molecule has 0 aliphatic heterocycles. The molecule has 0 saturated heterocycles. The third kappa shape index (κ3) is 3.57. The Bertz CT molecular complexity index is 515. The number of halogens is 1. The second-order valence-electron chi connectivity index (χ2n) is 3.82. The molecule has 0 amide bonds. The number of nitrogens with one attached hydrogen (secondary N) is 1. The fraction of sp³-hybridized carbons (Fsp3) is 0.400. The molecule has 17 heavy (non-hydrogen) atoms. The lowest BCUT2D eigenvalue weighted by atomic mass is 10.2. The minimum Gasteiger partial charge on any atom is -0.398 e. The summed E-state index contributed by atoms with van der Waals surface area (Å²) in [7, 11) is -3.71. The van der Waals surface area contributed by atoms with Crippen LogP contribution in [0.5, 0.6) is 0 Å². The highest BCUT2D eigenvalue weighted by Gasteiger charge is 2.19. The summed E-state index contributed by atoms with van der Waals surface area (Å²) in [4.78, 5) is 0.0307. The van der Waals surface area contributed by atoms with Gasteiger partial charge in [-0.1, -0.05) is 11.6 Å². The Labute approximate surface area is 106 Å². The van der Waals surface area contributed by atoms with Crippen LogP contribution in [0.25, 0.3) is 0 Å². The number of nitrogen functional groups attached to an aromatic ring is 1. The topological polar surface area (TPSA) is 92.4 Å². The number of hydrogen-bond acceptors (Lipinski definition) is 4. The van der Waals surface area contributed by atoms with E-state index in [9.17, 15) is 8.42 Å². The highest BCUT2D eigenvalue weighted by atomic mass is 35.5. The van der Waals surface area contributed by atoms with Crippen LogP contribution in [0.2, 0.25) is 5.02 Å². The average Bonchev–Trinajstić information content (AvgIpc) is 2.20. The van der Waals surface area contributed by atoms with Gasteiger partial charge in [-0.2, -0.15) is 0 Å². The fourth-order valence-corrected chi connectivity index (χ4v) is 2.97. The third-order valence-corrected chi connectivity index (χ3v) is 3.99. The van der Waals surface area contributed by atoms with Crippen LogP contribution in [0.1, 0.15) is 12.5 Å². The van der Waals surface area contributed by atoms with E-state index in [4.69, 9.17) is 22.4 Å². The second-order valence-corrected chi connectivity index (χ2v) is 5.99. The van der Waals surface area contributed by atoms with E-state index >= 15 is 0 Å². The summed E-state index contributed by atoms with van der Waals surface area (Å²) >= 11 is 5.77. The quantitative estimate of drug-likeness (QED) is 0.713. The number of rotatable bonds is 4. The molecule has 0 aliphatic carbocycles. The molecule has 1 rings (SSSR count). The van der Waals surface area contributed by atoms with E-state index < -0.39 is 16.1 Å². The molecule has 7 heteroatoms. The molecule has 1 aromatic carbocycles. The van der Waals surface area contributed by atoms with E-state index in [1.54, 1.807) is 6.92 Å². The lowest BCUT2D eigenvalue weighted by Crippen LogP contribution is -2.31. The zero-order valence-electron chi connectivity index (χ0n) is 9.57. The Morgan fingerprint density at radius 3 is 2.65 bits per heavy atom. The van der Waals surface area contributed by atoms with Crippen LogP contribution in [0.3, 0.4) is 0 Å². The first kappa shape index (κ1) is 14.2. The zero-order chi connectivity index (χ0) is 13.2. The van der Waals surface area contributed by atoms with Gasteiger partial charge in [-0.3, -0.25) is 0 Å². The largest absolute Gasteiger partial charge is 0.398 e. The monoisotopic (exact) mass is 278 g/mol. The lowest BCUT2D eigenvalue weighted by molar-refractivity contribution is 0.198. The van der Waals surface area contributed by atoms with E-state index in [1.807, 2.05) is 0 Å². The number of hydrogen-bond donors (Lipinski definition) is 3. The Morgan fingerprint density at radius 1 is 1.53 bits per heavy atom. The molecule has 0 saturated carbocycles. The summed E-state index contributed by atoms with van der Waals surface area (Å²) in [6, 6.07) is 2.82. The van der Waals surface area contributed by atoms with Crippen molar-refractivity contribution in [2.45, 2.75) is 24.8 Å². The van der Waals surface area contributed by atoms with Crippen LogP contribution >= 0.6 is 11.6 Å². The molecule has 1 unspecified atom stereocenters. The van der Waals surface area contributed by atoms with Crippen molar-refractivity contribution >= 4 is 27.3 Å². The number of nitrogens with two attached hydrogens (primary N) is 1. The SMILES string of the molecule is Cc1c(N)cc(Cl)cc1S(=O)(=O)NCC(C)O. The number of aliphatic hydroxyl groups is 1. The Hall–Kier alpha value is -0.820. The lowest BCUT2D eigenvalue weighted by Gasteiger charge is -2.12. The predicted molar refractivity (Wildman–Crippen MR) is 67.5 cm³/mol. The van der Waals surface area contributed by atoms with Crippen LogP contribution in [-0.4, -0.2) is 26.2 Å². The van der Waals surface area contributed by atoms with Gasteiger partial charge in [-0.15, -0.1) is 0 Å². The van der Waals surface area contributed by atoms with Gasteiger partial charge in [0.25, 0.3) is 0 Å². The van der Waals surface area contributed by atoms with E-state index in [1.165, 1.54) is 19.1 Å². The van der Waals surface area contributed by atoms with E-state index in [0.717, 1.165) is 0 Å². The third-order valence-electron chi connectivity index (χ3n) is 2.22. The highest BCUT2D eigenvalue weighted by Crippen LogP contribution is 2.25. The first-order valence-corrected chi connectivity index (χ1v) is 6.83. The molecule has 96 valence electrons. The first-order chi connectivity index (χ1) is 7.74. The van der Waals surface area contributed by atoms with Crippen molar-refractivity contribution in [1.29, 1.82) is 0 Å². The summed E-state index contributed by atoms with van der Waals surface area (Å²) in [6.07, 6.45) is -0.762. The smallest absolute Gasteiger partial charge is 0.241 e. The summed E-state index contributed by atoms with van der Waals surface area (Å²) < 4.78 is 26.1. The number of aliphatic hydroxyl groups excluding tert-OH is 1. The van der Waals surface area contributed by atoms with Gasteiger partial charge in [-0.25, -0.2) is 13.1 Å². The normalized spacial score (nSPS) is 13.6.